The summed E-state index contributed by atoms with van der Waals surface area (Å²) in [7, 11) is -4.62. The fraction of sp³-hybridized carbons (Fsp3) is 0.0952. The molecule has 1 N–H and O–H groups in total. The van der Waals surface area contributed by atoms with E-state index in [1.807, 2.05) is 0 Å². The number of benzene rings is 2. The van der Waals surface area contributed by atoms with Crippen molar-refractivity contribution in [2.24, 2.45) is 0 Å². The maximum atomic E-state index is 13.1. The molecule has 0 aliphatic heterocycles. The number of hydrogen-bond acceptors (Lipinski definition) is 6. The van der Waals surface area contributed by atoms with Crippen LogP contribution < -0.4 is 35.1 Å². The van der Waals surface area contributed by atoms with E-state index in [0.29, 0.717) is 11.3 Å². The third kappa shape index (κ3) is 5.38. The second kappa shape index (κ2) is 9.71. The molecule has 10 heteroatoms. The zero-order valence-corrected chi connectivity index (χ0v) is 19.9. The molecule has 31 heavy (non-hydrogen) atoms. The van der Waals surface area contributed by atoms with Gasteiger partial charge in [-0.2, -0.15) is 0 Å². The van der Waals surface area contributed by atoms with E-state index in [2.05, 4.69) is 5.10 Å². The van der Waals surface area contributed by atoms with Crippen LogP contribution in [0.15, 0.2) is 69.9 Å². The van der Waals surface area contributed by atoms with Crippen LogP contribution in [-0.4, -0.2) is 34.3 Å². The summed E-state index contributed by atoms with van der Waals surface area (Å²) in [5.74, 6) is -0.947. The topological polar surface area (TPSA) is 129 Å². The minimum absolute atomic E-state index is 0. The molecule has 3 rings (SSSR count). The summed E-state index contributed by atoms with van der Waals surface area (Å²) in [6, 6.07) is 13.6. The fourth-order valence-electron chi connectivity index (χ4n) is 2.95. The van der Waals surface area contributed by atoms with Crippen molar-refractivity contribution in [2.45, 2.75) is 18.7 Å². The van der Waals surface area contributed by atoms with Crippen LogP contribution in [0.2, 0.25) is 0 Å². The number of rotatable bonds is 6. The van der Waals surface area contributed by atoms with Gasteiger partial charge in [0.15, 0.2) is 11.6 Å². The van der Waals surface area contributed by atoms with Crippen molar-refractivity contribution < 1.29 is 52.1 Å². The Balaban J connectivity index is 0.00000341. The Bertz CT molecular complexity index is 1300. The molecule has 0 radical (unpaired) electrons. The van der Waals surface area contributed by atoms with E-state index in [0.717, 1.165) is 16.8 Å². The Morgan fingerprint density at radius 1 is 0.968 bits per heavy atom. The molecule has 3 aromatic rings. The minimum Gasteiger partial charge on any atom is -0.744 e. The average molecular weight is 448 g/mol. The normalized spacial score (nSPS) is 10.8. The van der Waals surface area contributed by atoms with E-state index in [-0.39, 0.29) is 46.4 Å². The maximum absolute atomic E-state index is 13.1. The summed E-state index contributed by atoms with van der Waals surface area (Å²) >= 11 is 0. The van der Waals surface area contributed by atoms with E-state index >= 15 is 0 Å². The van der Waals surface area contributed by atoms with Gasteiger partial charge in [-0.3, -0.25) is 19.5 Å². The van der Waals surface area contributed by atoms with Crippen molar-refractivity contribution in [1.29, 1.82) is 0 Å². The summed E-state index contributed by atoms with van der Waals surface area (Å²) in [6.07, 6.45) is 1.25. The Labute approximate surface area is 200 Å². The van der Waals surface area contributed by atoms with Crippen LogP contribution in [0.3, 0.4) is 0 Å². The number of nitrogens with zero attached hydrogens (tertiary/aromatic N) is 1. The average Bonchev–Trinajstić information content (AvgIpc) is 3.02. The van der Waals surface area contributed by atoms with Gasteiger partial charge in [0.05, 0.1) is 27.4 Å². The number of carbonyl (C=O) groups is 2. The van der Waals surface area contributed by atoms with Gasteiger partial charge in [0, 0.05) is 5.56 Å². The van der Waals surface area contributed by atoms with E-state index in [9.17, 15) is 27.4 Å². The number of aromatic amines is 1. The van der Waals surface area contributed by atoms with Gasteiger partial charge in [-0.15, -0.1) is 0 Å². The molecule has 0 bridgehead atoms. The van der Waals surface area contributed by atoms with Gasteiger partial charge in [-0.1, -0.05) is 30.3 Å². The fourth-order valence-corrected chi connectivity index (χ4v) is 3.42. The molecule has 0 unspecified atom stereocenters. The first-order valence-corrected chi connectivity index (χ1v) is 10.2. The van der Waals surface area contributed by atoms with Crippen molar-refractivity contribution in [3.63, 3.8) is 0 Å². The largest absolute Gasteiger partial charge is 1.00 e. The summed E-state index contributed by atoms with van der Waals surface area (Å²) in [5, 5.41) is 2.93. The molecular weight excluding hydrogens is 431 g/mol. The number of hydrogen-bond donors (Lipinski definition) is 1. The van der Waals surface area contributed by atoms with Crippen molar-refractivity contribution in [2.75, 3.05) is 0 Å². The summed E-state index contributed by atoms with van der Waals surface area (Å²) in [4.78, 5) is 36.4. The number of aromatic nitrogens is 2. The smallest absolute Gasteiger partial charge is 0.744 e. The molecule has 0 saturated heterocycles. The number of carbonyl (C=O) groups excluding carboxylic acids is 2. The quantitative estimate of drug-likeness (QED) is 0.175. The van der Waals surface area contributed by atoms with E-state index < -0.39 is 32.1 Å². The van der Waals surface area contributed by atoms with Crippen LogP contribution in [0.5, 0.6) is 0 Å². The predicted molar refractivity (Wildman–Crippen MR) is 109 cm³/mol. The van der Waals surface area contributed by atoms with Crippen LogP contribution in [0, 0.1) is 0 Å². The second-order valence-corrected chi connectivity index (χ2v) is 7.91. The SMILES string of the molecule is CC(=O)C(=Cc1c(-c2ccccc2)[nH]n(-c2ccc(S(=O)(=O)[O-])cc2)c1=O)C(C)=O.[Na+]. The minimum atomic E-state index is -4.62. The predicted octanol–water partition coefficient (Wildman–Crippen LogP) is -0.698. The molecule has 0 saturated carbocycles. The molecule has 0 aliphatic rings. The van der Waals surface area contributed by atoms with E-state index in [1.165, 1.54) is 32.1 Å². The number of allylic oxidation sites excluding steroid dienone is 1. The summed E-state index contributed by atoms with van der Waals surface area (Å²) in [6.45, 7) is 2.48. The number of ketones is 2. The van der Waals surface area contributed by atoms with Crippen molar-refractivity contribution in [3.8, 4) is 16.9 Å². The maximum Gasteiger partial charge on any atom is 1.00 e. The van der Waals surface area contributed by atoms with Gasteiger partial charge in [-0.25, -0.2) is 13.1 Å². The zero-order chi connectivity index (χ0) is 22.1. The number of Topliss-reactive ketones (excluding diaryl/α,β-unsaturated/α-hetero) is 2. The van der Waals surface area contributed by atoms with Gasteiger partial charge in [0.25, 0.3) is 5.56 Å². The van der Waals surface area contributed by atoms with Crippen molar-refractivity contribution >= 4 is 27.8 Å². The van der Waals surface area contributed by atoms with Gasteiger partial charge in [0.2, 0.25) is 0 Å². The van der Waals surface area contributed by atoms with Gasteiger partial charge < -0.3 is 4.55 Å². The molecule has 2 aromatic carbocycles. The molecule has 8 nitrogen and oxygen atoms in total. The Hall–Kier alpha value is -2.56. The summed E-state index contributed by atoms with van der Waals surface area (Å²) < 4.78 is 34.6. The van der Waals surface area contributed by atoms with Crippen LogP contribution in [0.1, 0.15) is 19.4 Å². The molecule has 0 aliphatic carbocycles. The monoisotopic (exact) mass is 448 g/mol. The molecular formula is C21H17N2NaO6S. The first-order chi connectivity index (χ1) is 14.1. The number of H-pyrrole nitrogens is 1. The van der Waals surface area contributed by atoms with Gasteiger partial charge in [0.1, 0.15) is 10.1 Å². The van der Waals surface area contributed by atoms with E-state index in [1.54, 1.807) is 30.3 Å². The molecule has 0 amide bonds. The van der Waals surface area contributed by atoms with Crippen LogP contribution in [0.25, 0.3) is 23.0 Å². The molecule has 0 fully saturated rings. The van der Waals surface area contributed by atoms with Crippen molar-refractivity contribution in [1.82, 2.24) is 9.78 Å². The van der Waals surface area contributed by atoms with Crippen LogP contribution >= 0.6 is 0 Å². The number of nitrogens with one attached hydrogen (secondary N) is 1. The zero-order valence-electron chi connectivity index (χ0n) is 17.1. The molecule has 0 spiro atoms. The Kier molecular flexibility index (Phi) is 7.74. The molecule has 1 aromatic heterocycles. The van der Waals surface area contributed by atoms with Crippen LogP contribution in [-0.2, 0) is 19.7 Å². The van der Waals surface area contributed by atoms with Crippen LogP contribution in [0.4, 0.5) is 0 Å². The summed E-state index contributed by atoms with van der Waals surface area (Å²) in [5.41, 5.74) is 0.722. The molecule has 154 valence electrons. The van der Waals surface area contributed by atoms with Crippen molar-refractivity contribution in [3.05, 3.63) is 76.1 Å². The molecule has 0 atom stereocenters. The second-order valence-electron chi connectivity index (χ2n) is 6.53. The van der Waals surface area contributed by atoms with Gasteiger partial charge >= 0.3 is 29.6 Å². The first-order valence-electron chi connectivity index (χ1n) is 8.80. The standard InChI is InChI=1S/C21H18N2O6S.Na/c1-13(24)18(14(2)25)12-19-20(15-6-4-3-5-7-15)22-23(21(19)26)16-8-10-17(11-9-16)30(27,28)29;/h3-12,22H,1-2H3,(H,27,28,29);/q;+1/p-1. The third-order valence-electron chi connectivity index (χ3n) is 4.42. The Morgan fingerprint density at radius 2 is 1.52 bits per heavy atom. The first kappa shape index (κ1) is 24.7. The molecule has 1 heterocycles. The van der Waals surface area contributed by atoms with E-state index in [4.69, 9.17) is 0 Å². The van der Waals surface area contributed by atoms with Gasteiger partial charge in [-0.05, 0) is 44.2 Å². The third-order valence-corrected chi connectivity index (χ3v) is 5.27. The Morgan fingerprint density at radius 3 is 2.00 bits per heavy atom.